The Kier molecular flexibility index (Phi) is 5.42. The molecule has 0 bridgehead atoms. The molecular weight excluding hydrogens is 440 g/mol. The van der Waals surface area contributed by atoms with Crippen molar-refractivity contribution < 1.29 is 14.3 Å². The Morgan fingerprint density at radius 2 is 1.85 bits per heavy atom. The molecule has 7 nitrogen and oxygen atoms in total. The predicted molar refractivity (Wildman–Crippen MR) is 128 cm³/mol. The minimum atomic E-state index is -0.306. The number of hydrogen-bond acceptors (Lipinski definition) is 5. The van der Waals surface area contributed by atoms with E-state index in [2.05, 4.69) is 10.4 Å². The van der Waals surface area contributed by atoms with E-state index in [1.165, 1.54) is 0 Å². The molecule has 5 rings (SSSR count). The average Bonchev–Trinajstić information content (AvgIpc) is 3.23. The summed E-state index contributed by atoms with van der Waals surface area (Å²) >= 11 is 6.43. The van der Waals surface area contributed by atoms with Crippen LogP contribution in [0, 0.1) is 6.92 Å². The number of hydrogen-bond donors (Lipinski definition) is 1. The highest BCUT2D eigenvalue weighted by molar-refractivity contribution is 6.34. The number of amides is 1. The molecule has 1 amide bonds. The van der Waals surface area contributed by atoms with Gasteiger partial charge in [0.15, 0.2) is 17.1 Å². The molecule has 33 heavy (non-hydrogen) atoms. The zero-order valence-electron chi connectivity index (χ0n) is 18.6. The minimum Gasteiger partial charge on any atom is -0.486 e. The Hall–Kier alpha value is -3.58. The highest BCUT2D eigenvalue weighted by Crippen LogP contribution is 2.38. The van der Waals surface area contributed by atoms with E-state index < -0.39 is 0 Å². The van der Waals surface area contributed by atoms with Gasteiger partial charge in [0, 0.05) is 23.7 Å². The molecular formula is C25H23ClN4O3. The Morgan fingerprint density at radius 1 is 1.12 bits per heavy atom. The van der Waals surface area contributed by atoms with Crippen molar-refractivity contribution in [2.45, 2.75) is 26.8 Å². The number of carbonyl (C=O) groups is 1. The summed E-state index contributed by atoms with van der Waals surface area (Å²) in [5.74, 6) is 0.809. The topological polar surface area (TPSA) is 78.3 Å². The number of pyridine rings is 1. The maximum atomic E-state index is 13.5. The van der Waals surface area contributed by atoms with Crippen LogP contribution in [0.5, 0.6) is 11.5 Å². The van der Waals surface area contributed by atoms with Crippen molar-refractivity contribution >= 4 is 34.2 Å². The van der Waals surface area contributed by atoms with E-state index in [1.807, 2.05) is 49.7 Å². The van der Waals surface area contributed by atoms with E-state index in [0.29, 0.717) is 57.7 Å². The monoisotopic (exact) mass is 462 g/mol. The molecule has 0 fully saturated rings. The maximum absolute atomic E-state index is 13.5. The summed E-state index contributed by atoms with van der Waals surface area (Å²) in [7, 11) is 0. The van der Waals surface area contributed by atoms with Crippen LogP contribution in [0.15, 0.2) is 48.7 Å². The van der Waals surface area contributed by atoms with E-state index in [9.17, 15) is 4.79 Å². The quantitative estimate of drug-likeness (QED) is 0.423. The van der Waals surface area contributed by atoms with Crippen molar-refractivity contribution in [1.82, 2.24) is 14.8 Å². The minimum absolute atomic E-state index is 0.0882. The average molecular weight is 463 g/mol. The third-order valence-electron chi connectivity index (χ3n) is 5.60. The number of nitrogens with one attached hydrogen (secondary N) is 1. The smallest absolute Gasteiger partial charge is 0.256 e. The van der Waals surface area contributed by atoms with Crippen LogP contribution in [0.25, 0.3) is 22.3 Å². The number of aryl methyl sites for hydroxylation is 1. The summed E-state index contributed by atoms with van der Waals surface area (Å²) in [6.45, 7) is 6.99. The van der Waals surface area contributed by atoms with Gasteiger partial charge >= 0.3 is 0 Å². The number of halogens is 1. The van der Waals surface area contributed by atoms with Crippen molar-refractivity contribution in [2.75, 3.05) is 18.5 Å². The zero-order chi connectivity index (χ0) is 23.1. The number of rotatable bonds is 4. The zero-order valence-corrected chi connectivity index (χ0v) is 19.3. The number of nitrogens with zero attached hydrogens (tertiary/aromatic N) is 3. The van der Waals surface area contributed by atoms with Gasteiger partial charge in [-0.05, 0) is 32.4 Å². The third kappa shape index (κ3) is 3.89. The van der Waals surface area contributed by atoms with Crippen molar-refractivity contribution in [2.24, 2.45) is 0 Å². The highest BCUT2D eigenvalue weighted by Gasteiger charge is 2.21. The lowest BCUT2D eigenvalue weighted by Gasteiger charge is -2.20. The lowest BCUT2D eigenvalue weighted by molar-refractivity contribution is 0.102. The van der Waals surface area contributed by atoms with Gasteiger partial charge in [-0.25, -0.2) is 9.67 Å². The number of ether oxygens (including phenoxy) is 2. The molecule has 0 saturated heterocycles. The summed E-state index contributed by atoms with van der Waals surface area (Å²) in [5, 5.41) is 8.46. The molecule has 168 valence electrons. The van der Waals surface area contributed by atoms with Crippen molar-refractivity contribution in [3.05, 3.63) is 64.8 Å². The molecule has 0 unspecified atom stereocenters. The van der Waals surface area contributed by atoms with Crippen molar-refractivity contribution in [3.8, 4) is 22.8 Å². The highest BCUT2D eigenvalue weighted by atomic mass is 35.5. The normalized spacial score (nSPS) is 12.9. The van der Waals surface area contributed by atoms with Gasteiger partial charge in [-0.2, -0.15) is 5.10 Å². The van der Waals surface area contributed by atoms with Gasteiger partial charge in [-0.1, -0.05) is 35.9 Å². The van der Waals surface area contributed by atoms with Crippen LogP contribution in [0.3, 0.4) is 0 Å². The lowest BCUT2D eigenvalue weighted by Crippen LogP contribution is -2.17. The summed E-state index contributed by atoms with van der Waals surface area (Å²) < 4.78 is 13.0. The fourth-order valence-electron chi connectivity index (χ4n) is 3.93. The Morgan fingerprint density at radius 3 is 2.58 bits per heavy atom. The van der Waals surface area contributed by atoms with Gasteiger partial charge < -0.3 is 14.8 Å². The molecule has 0 aliphatic carbocycles. The molecule has 0 atom stereocenters. The van der Waals surface area contributed by atoms with Gasteiger partial charge in [0.1, 0.15) is 13.2 Å². The van der Waals surface area contributed by atoms with E-state index in [1.54, 1.807) is 24.4 Å². The first-order valence-electron chi connectivity index (χ1n) is 10.8. The van der Waals surface area contributed by atoms with Gasteiger partial charge in [0.05, 0.1) is 33.6 Å². The van der Waals surface area contributed by atoms with Crippen LogP contribution in [0.4, 0.5) is 5.69 Å². The predicted octanol–water partition coefficient (Wildman–Crippen LogP) is 5.66. The van der Waals surface area contributed by atoms with Gasteiger partial charge in [0.25, 0.3) is 5.91 Å². The largest absolute Gasteiger partial charge is 0.486 e. The Labute approximate surface area is 196 Å². The maximum Gasteiger partial charge on any atom is 0.256 e. The SMILES string of the molecule is Cc1ccccc1-c1cc(C(=O)Nc2cc3c(cc2Cl)OCCO3)c2cnn(C(C)C)c2n1. The Bertz CT molecular complexity index is 1380. The first-order chi connectivity index (χ1) is 15.9. The van der Waals surface area contributed by atoms with E-state index in [0.717, 1.165) is 11.1 Å². The van der Waals surface area contributed by atoms with Gasteiger partial charge in [-0.15, -0.1) is 0 Å². The van der Waals surface area contributed by atoms with Crippen LogP contribution in [-0.2, 0) is 0 Å². The van der Waals surface area contributed by atoms with E-state index in [4.69, 9.17) is 26.1 Å². The first-order valence-corrected chi connectivity index (χ1v) is 11.1. The van der Waals surface area contributed by atoms with Crippen LogP contribution in [-0.4, -0.2) is 33.9 Å². The fourth-order valence-corrected chi connectivity index (χ4v) is 4.13. The van der Waals surface area contributed by atoms with Crippen LogP contribution in [0.2, 0.25) is 5.02 Å². The molecule has 1 aliphatic heterocycles. The molecule has 8 heteroatoms. The second kappa shape index (κ2) is 8.41. The summed E-state index contributed by atoms with van der Waals surface area (Å²) in [4.78, 5) is 18.4. The number of benzene rings is 2. The number of carbonyl (C=O) groups excluding carboxylic acids is 1. The standard InChI is InChI=1S/C25H23ClN4O3/c1-14(2)30-24-18(13-27-30)17(10-20(28-24)16-7-5-4-6-15(16)3)25(31)29-21-12-23-22(11-19(21)26)32-8-9-33-23/h4-7,10-14H,8-9H2,1-3H3,(H,29,31). The molecule has 1 aliphatic rings. The number of fused-ring (bicyclic) bond motifs is 2. The fraction of sp³-hybridized carbons (Fsp3) is 0.240. The molecule has 3 heterocycles. The first kappa shape index (κ1) is 21.3. The number of aromatic nitrogens is 3. The molecule has 0 saturated carbocycles. The van der Waals surface area contributed by atoms with Crippen LogP contribution in [0.1, 0.15) is 35.8 Å². The second-order valence-electron chi connectivity index (χ2n) is 8.22. The lowest BCUT2D eigenvalue weighted by atomic mass is 10.0. The Balaban J connectivity index is 1.61. The summed E-state index contributed by atoms with van der Waals surface area (Å²) in [6, 6.07) is 13.2. The molecule has 4 aromatic rings. The summed E-state index contributed by atoms with van der Waals surface area (Å²) in [6.07, 6.45) is 1.68. The molecule has 0 radical (unpaired) electrons. The second-order valence-corrected chi connectivity index (χ2v) is 8.63. The van der Waals surface area contributed by atoms with Gasteiger partial charge in [0.2, 0.25) is 0 Å². The molecule has 1 N–H and O–H groups in total. The summed E-state index contributed by atoms with van der Waals surface area (Å²) in [5.41, 5.74) is 4.31. The molecule has 2 aromatic carbocycles. The number of anilines is 1. The molecule has 2 aromatic heterocycles. The van der Waals surface area contributed by atoms with E-state index >= 15 is 0 Å². The third-order valence-corrected chi connectivity index (χ3v) is 5.91. The van der Waals surface area contributed by atoms with E-state index in [-0.39, 0.29) is 11.9 Å². The molecule has 0 spiro atoms. The van der Waals surface area contributed by atoms with Crippen molar-refractivity contribution in [1.29, 1.82) is 0 Å². The van der Waals surface area contributed by atoms with Crippen molar-refractivity contribution in [3.63, 3.8) is 0 Å². The van der Waals surface area contributed by atoms with Gasteiger partial charge in [-0.3, -0.25) is 4.79 Å². The van der Waals surface area contributed by atoms with Crippen LogP contribution < -0.4 is 14.8 Å². The van der Waals surface area contributed by atoms with Crippen LogP contribution >= 0.6 is 11.6 Å².